The third-order valence-corrected chi connectivity index (χ3v) is 3.19. The first kappa shape index (κ1) is 13.9. The summed E-state index contributed by atoms with van der Waals surface area (Å²) in [7, 11) is 1.44. The van der Waals surface area contributed by atoms with Gasteiger partial charge in [-0.15, -0.1) is 0 Å². The lowest BCUT2D eigenvalue weighted by atomic mass is 10.00. The lowest BCUT2D eigenvalue weighted by Crippen LogP contribution is -1.95. The molecular formula is C16H16O4. The monoisotopic (exact) mass is 272 g/mol. The van der Waals surface area contributed by atoms with E-state index >= 15 is 0 Å². The van der Waals surface area contributed by atoms with E-state index in [1.807, 2.05) is 6.07 Å². The molecule has 0 aliphatic rings. The zero-order valence-corrected chi connectivity index (χ0v) is 11.4. The van der Waals surface area contributed by atoms with Crippen molar-refractivity contribution in [3.63, 3.8) is 0 Å². The molecule has 0 fully saturated rings. The van der Waals surface area contributed by atoms with Crippen molar-refractivity contribution in [1.82, 2.24) is 0 Å². The number of aldehydes is 1. The van der Waals surface area contributed by atoms with Crippen molar-refractivity contribution in [1.29, 1.82) is 0 Å². The summed E-state index contributed by atoms with van der Waals surface area (Å²) in [6, 6.07) is 8.36. The van der Waals surface area contributed by atoms with Gasteiger partial charge in [0.1, 0.15) is 12.0 Å². The van der Waals surface area contributed by atoms with Crippen LogP contribution in [-0.2, 0) is 6.42 Å². The van der Waals surface area contributed by atoms with Crippen LogP contribution in [0.2, 0.25) is 0 Å². The first-order valence-corrected chi connectivity index (χ1v) is 6.18. The summed E-state index contributed by atoms with van der Waals surface area (Å²) in [5.41, 5.74) is 2.75. The highest BCUT2D eigenvalue weighted by molar-refractivity contribution is 5.77. The minimum atomic E-state index is 0.0313. The van der Waals surface area contributed by atoms with Crippen LogP contribution >= 0.6 is 0 Å². The number of rotatable bonds is 4. The number of carbonyl (C=O) groups is 1. The largest absolute Gasteiger partial charge is 0.508 e. The maximum Gasteiger partial charge on any atom is 0.161 e. The van der Waals surface area contributed by atoms with E-state index in [1.165, 1.54) is 13.2 Å². The highest BCUT2D eigenvalue weighted by Crippen LogP contribution is 2.33. The van der Waals surface area contributed by atoms with Gasteiger partial charge in [0.15, 0.2) is 11.5 Å². The number of methoxy groups -OCH3 is 1. The smallest absolute Gasteiger partial charge is 0.161 e. The van der Waals surface area contributed by atoms with Gasteiger partial charge in [-0.3, -0.25) is 4.79 Å². The SMILES string of the molecule is COc1cc(C=O)cc(Cc2ccc(O)c(C)c2)c1O. The van der Waals surface area contributed by atoms with E-state index < -0.39 is 0 Å². The van der Waals surface area contributed by atoms with Crippen LogP contribution in [-0.4, -0.2) is 23.6 Å². The van der Waals surface area contributed by atoms with Crippen LogP contribution < -0.4 is 4.74 Å². The first-order valence-electron chi connectivity index (χ1n) is 6.18. The van der Waals surface area contributed by atoms with E-state index in [-0.39, 0.29) is 17.2 Å². The van der Waals surface area contributed by atoms with Crippen molar-refractivity contribution >= 4 is 6.29 Å². The molecule has 0 radical (unpaired) electrons. The Balaban J connectivity index is 2.41. The van der Waals surface area contributed by atoms with Crippen molar-refractivity contribution in [2.24, 2.45) is 0 Å². The van der Waals surface area contributed by atoms with Gasteiger partial charge in [0.2, 0.25) is 0 Å². The van der Waals surface area contributed by atoms with E-state index in [9.17, 15) is 15.0 Å². The first-order chi connectivity index (χ1) is 9.55. The molecule has 4 heteroatoms. The molecule has 2 aromatic carbocycles. The van der Waals surface area contributed by atoms with E-state index in [0.717, 1.165) is 11.1 Å². The van der Waals surface area contributed by atoms with Crippen LogP contribution in [0.4, 0.5) is 0 Å². The zero-order chi connectivity index (χ0) is 14.7. The summed E-state index contributed by atoms with van der Waals surface area (Å²) >= 11 is 0. The number of phenols is 2. The molecule has 0 saturated heterocycles. The van der Waals surface area contributed by atoms with Gasteiger partial charge < -0.3 is 14.9 Å². The van der Waals surface area contributed by atoms with Gasteiger partial charge in [-0.2, -0.15) is 0 Å². The molecule has 20 heavy (non-hydrogen) atoms. The summed E-state index contributed by atoms with van der Waals surface area (Å²) in [4.78, 5) is 10.9. The number of hydrogen-bond acceptors (Lipinski definition) is 4. The minimum Gasteiger partial charge on any atom is -0.508 e. The molecule has 0 aromatic heterocycles. The molecule has 104 valence electrons. The molecule has 0 saturated carbocycles. The van der Waals surface area contributed by atoms with Crippen LogP contribution in [0, 0.1) is 6.92 Å². The molecule has 0 aliphatic carbocycles. The van der Waals surface area contributed by atoms with E-state index in [2.05, 4.69) is 0 Å². The van der Waals surface area contributed by atoms with E-state index in [1.54, 1.807) is 25.1 Å². The Morgan fingerprint density at radius 2 is 1.95 bits per heavy atom. The summed E-state index contributed by atoms with van der Waals surface area (Å²) in [5.74, 6) is 0.543. The van der Waals surface area contributed by atoms with Crippen LogP contribution in [0.3, 0.4) is 0 Å². The van der Waals surface area contributed by atoms with Gasteiger partial charge in [-0.25, -0.2) is 0 Å². The van der Waals surface area contributed by atoms with Crippen molar-refractivity contribution < 1.29 is 19.7 Å². The van der Waals surface area contributed by atoms with Gasteiger partial charge >= 0.3 is 0 Å². The standard InChI is InChI=1S/C16H16O4/c1-10-5-11(3-4-14(10)18)6-13-7-12(9-17)8-15(20-2)16(13)19/h3-5,7-9,18-19H,6H2,1-2H3. The molecule has 0 unspecified atom stereocenters. The molecule has 0 spiro atoms. The van der Waals surface area contributed by atoms with Crippen molar-refractivity contribution in [3.8, 4) is 17.2 Å². The number of carbonyl (C=O) groups excluding carboxylic acids is 1. The van der Waals surface area contributed by atoms with Gasteiger partial charge in [0.05, 0.1) is 7.11 Å². The van der Waals surface area contributed by atoms with Crippen LogP contribution in [0.15, 0.2) is 30.3 Å². The average Bonchev–Trinajstić information content (AvgIpc) is 2.45. The Bertz CT molecular complexity index is 647. The van der Waals surface area contributed by atoms with Crippen molar-refractivity contribution in [2.75, 3.05) is 7.11 Å². The van der Waals surface area contributed by atoms with Crippen LogP contribution in [0.25, 0.3) is 0 Å². The second-order valence-corrected chi connectivity index (χ2v) is 4.65. The zero-order valence-electron chi connectivity index (χ0n) is 11.4. The number of phenolic OH excluding ortho intramolecular Hbond substituents is 2. The molecule has 0 atom stereocenters. The Morgan fingerprint density at radius 3 is 2.55 bits per heavy atom. The lowest BCUT2D eigenvalue weighted by Gasteiger charge is -2.11. The van der Waals surface area contributed by atoms with Gasteiger partial charge in [0.25, 0.3) is 0 Å². The molecule has 2 rings (SSSR count). The molecule has 0 bridgehead atoms. The second kappa shape index (κ2) is 5.65. The highest BCUT2D eigenvalue weighted by Gasteiger charge is 2.11. The maximum atomic E-state index is 10.9. The summed E-state index contributed by atoms with van der Waals surface area (Å²) < 4.78 is 5.06. The summed E-state index contributed by atoms with van der Waals surface area (Å²) in [5, 5.41) is 19.6. The minimum absolute atomic E-state index is 0.0313. The van der Waals surface area contributed by atoms with E-state index in [0.29, 0.717) is 23.8 Å². The molecule has 2 N–H and O–H groups in total. The molecule has 0 amide bonds. The van der Waals surface area contributed by atoms with Gasteiger partial charge in [0, 0.05) is 17.5 Å². The number of hydrogen-bond donors (Lipinski definition) is 2. The predicted molar refractivity (Wildman–Crippen MR) is 75.7 cm³/mol. The fourth-order valence-electron chi connectivity index (χ4n) is 2.10. The third kappa shape index (κ3) is 2.74. The topological polar surface area (TPSA) is 66.8 Å². The van der Waals surface area contributed by atoms with Crippen LogP contribution in [0.1, 0.15) is 27.0 Å². The lowest BCUT2D eigenvalue weighted by molar-refractivity contribution is 0.112. The van der Waals surface area contributed by atoms with Gasteiger partial charge in [-0.05, 0) is 36.2 Å². The molecule has 0 heterocycles. The average molecular weight is 272 g/mol. The number of aryl methyl sites for hydroxylation is 1. The number of ether oxygens (including phenoxy) is 1. The number of aromatic hydroxyl groups is 2. The fourth-order valence-corrected chi connectivity index (χ4v) is 2.10. The van der Waals surface area contributed by atoms with Crippen LogP contribution in [0.5, 0.6) is 17.2 Å². The maximum absolute atomic E-state index is 10.9. The molecule has 2 aromatic rings. The predicted octanol–water partition coefficient (Wildman–Crippen LogP) is 2.82. The normalized spacial score (nSPS) is 10.3. The molecule has 4 nitrogen and oxygen atoms in total. The molecule has 0 aliphatic heterocycles. The summed E-state index contributed by atoms with van der Waals surface area (Å²) in [6.07, 6.45) is 1.17. The third-order valence-electron chi connectivity index (χ3n) is 3.19. The van der Waals surface area contributed by atoms with Crippen molar-refractivity contribution in [2.45, 2.75) is 13.3 Å². The Hall–Kier alpha value is -2.49. The highest BCUT2D eigenvalue weighted by atomic mass is 16.5. The second-order valence-electron chi connectivity index (χ2n) is 4.65. The summed E-state index contributed by atoms with van der Waals surface area (Å²) in [6.45, 7) is 1.81. The van der Waals surface area contributed by atoms with Gasteiger partial charge in [-0.1, -0.05) is 12.1 Å². The van der Waals surface area contributed by atoms with E-state index in [4.69, 9.17) is 4.74 Å². The quantitative estimate of drug-likeness (QED) is 0.840. The Kier molecular flexibility index (Phi) is 3.94. The Labute approximate surface area is 117 Å². The molecular weight excluding hydrogens is 256 g/mol. The number of benzene rings is 2. The fraction of sp³-hybridized carbons (Fsp3) is 0.188. The Morgan fingerprint density at radius 1 is 1.20 bits per heavy atom. The van der Waals surface area contributed by atoms with Crippen molar-refractivity contribution in [3.05, 3.63) is 52.6 Å².